The van der Waals surface area contributed by atoms with Crippen molar-refractivity contribution in [2.75, 3.05) is 0 Å². The van der Waals surface area contributed by atoms with E-state index in [1.54, 1.807) is 0 Å². The molecule has 3 heteroatoms. The van der Waals surface area contributed by atoms with Gasteiger partial charge in [-0.25, -0.2) is 4.79 Å². The first-order chi connectivity index (χ1) is 11.3. The average Bonchev–Trinajstić information content (AvgIpc) is 2.83. The molecule has 4 rings (SSSR count). The molecule has 0 heterocycles. The van der Waals surface area contributed by atoms with Crippen molar-refractivity contribution in [1.29, 1.82) is 0 Å². The molecule has 0 bridgehead atoms. The number of carboxylic acid groups (broad SMARTS) is 1. The van der Waals surface area contributed by atoms with Crippen LogP contribution in [-0.2, 0) is 9.59 Å². The van der Waals surface area contributed by atoms with Crippen LogP contribution in [-0.4, -0.2) is 16.9 Å². The van der Waals surface area contributed by atoms with Crippen LogP contribution in [0.4, 0.5) is 0 Å². The smallest absolute Gasteiger partial charge is 0.328 e. The Morgan fingerprint density at radius 2 is 1.88 bits per heavy atom. The van der Waals surface area contributed by atoms with Crippen LogP contribution < -0.4 is 0 Å². The van der Waals surface area contributed by atoms with Crippen LogP contribution in [0.5, 0.6) is 0 Å². The lowest BCUT2D eigenvalue weighted by atomic mass is 9.45. The fourth-order valence-electron chi connectivity index (χ4n) is 7.18. The van der Waals surface area contributed by atoms with Crippen molar-refractivity contribution < 1.29 is 14.7 Å². The molecule has 4 aliphatic carbocycles. The molecule has 24 heavy (non-hydrogen) atoms. The number of hydrogen-bond acceptors (Lipinski definition) is 2. The molecule has 4 aliphatic rings. The van der Waals surface area contributed by atoms with Crippen LogP contribution in [0.25, 0.3) is 0 Å². The third-order valence-electron chi connectivity index (χ3n) is 8.60. The number of rotatable bonds is 1. The van der Waals surface area contributed by atoms with Gasteiger partial charge in [0.25, 0.3) is 0 Å². The Bertz CT molecular complexity index is 606. The molecule has 0 aromatic rings. The van der Waals surface area contributed by atoms with Gasteiger partial charge >= 0.3 is 5.97 Å². The molecule has 6 atom stereocenters. The first-order valence-electron chi connectivity index (χ1n) is 9.80. The highest BCUT2D eigenvalue weighted by molar-refractivity contribution is 5.87. The highest BCUT2D eigenvalue weighted by atomic mass is 16.4. The van der Waals surface area contributed by atoms with Gasteiger partial charge in [0.15, 0.2) is 0 Å². The second kappa shape index (κ2) is 5.44. The van der Waals surface area contributed by atoms with Crippen molar-refractivity contribution in [3.8, 4) is 0 Å². The molecule has 0 amide bonds. The van der Waals surface area contributed by atoms with Crippen molar-refractivity contribution in [3.63, 3.8) is 0 Å². The van der Waals surface area contributed by atoms with E-state index in [1.165, 1.54) is 25.3 Å². The molecule has 0 unspecified atom stereocenters. The van der Waals surface area contributed by atoms with Gasteiger partial charge in [-0.1, -0.05) is 19.4 Å². The van der Waals surface area contributed by atoms with E-state index in [0.717, 1.165) is 55.9 Å². The predicted molar refractivity (Wildman–Crippen MR) is 92.5 cm³/mol. The van der Waals surface area contributed by atoms with E-state index in [1.807, 2.05) is 0 Å². The Hall–Kier alpha value is -1.12. The van der Waals surface area contributed by atoms with Crippen LogP contribution in [0.1, 0.15) is 71.6 Å². The molecule has 4 saturated carbocycles. The monoisotopic (exact) mass is 330 g/mol. The molecule has 3 nitrogen and oxygen atoms in total. The Morgan fingerprint density at radius 3 is 2.62 bits per heavy atom. The van der Waals surface area contributed by atoms with Crippen LogP contribution >= 0.6 is 0 Å². The van der Waals surface area contributed by atoms with Gasteiger partial charge in [0.05, 0.1) is 0 Å². The molecule has 4 fully saturated rings. The third kappa shape index (κ3) is 2.23. The predicted octanol–water partition coefficient (Wildman–Crippen LogP) is 4.61. The summed E-state index contributed by atoms with van der Waals surface area (Å²) in [5, 5.41) is 9.06. The minimum atomic E-state index is -0.791. The topological polar surface area (TPSA) is 54.4 Å². The Kier molecular flexibility index (Phi) is 3.71. The number of carbonyl (C=O) groups excluding carboxylic acids is 1. The second-order valence-corrected chi connectivity index (χ2v) is 9.42. The summed E-state index contributed by atoms with van der Waals surface area (Å²) in [4.78, 5) is 23.5. The van der Waals surface area contributed by atoms with Crippen molar-refractivity contribution >= 4 is 11.8 Å². The maximum Gasteiger partial charge on any atom is 0.328 e. The Labute approximate surface area is 144 Å². The highest BCUT2D eigenvalue weighted by Crippen LogP contribution is 2.65. The summed E-state index contributed by atoms with van der Waals surface area (Å²) in [6, 6.07) is 0. The van der Waals surface area contributed by atoms with Crippen LogP contribution in [0.3, 0.4) is 0 Å². The highest BCUT2D eigenvalue weighted by Gasteiger charge is 2.59. The van der Waals surface area contributed by atoms with E-state index in [-0.39, 0.29) is 5.41 Å². The number of aliphatic carboxylic acids is 1. The number of Topliss-reactive ketones (excluding diaryl/α,β-unsaturated/α-hetero) is 1. The SMILES string of the molecule is C[C@]12CCC(=CC(=O)O)C[C@H]1CC[C@@H]1[C@@H]2CC[C@]2(C)C(=O)CC[C@@H]12. The standard InChI is InChI=1S/C21H30O3/c1-20-9-7-13(12-19(23)24)11-14(20)3-4-15-16-5-6-18(22)21(16,2)10-8-17(15)20/h12,14-17H,3-11H2,1-2H3,(H,23,24)/t14-,15+,16+,17+,20+,21+/m1/s1. The van der Waals surface area contributed by atoms with Crippen molar-refractivity contribution in [3.05, 3.63) is 11.6 Å². The fraction of sp³-hybridized carbons (Fsp3) is 0.810. The maximum absolute atomic E-state index is 12.4. The zero-order valence-electron chi connectivity index (χ0n) is 15.0. The summed E-state index contributed by atoms with van der Waals surface area (Å²) < 4.78 is 0. The number of allylic oxidation sites excluding steroid dienone is 1. The second-order valence-electron chi connectivity index (χ2n) is 9.42. The van der Waals surface area contributed by atoms with E-state index >= 15 is 0 Å². The van der Waals surface area contributed by atoms with Gasteiger partial charge in [-0.15, -0.1) is 0 Å². The quantitative estimate of drug-likeness (QED) is 0.714. The molecule has 0 spiro atoms. The van der Waals surface area contributed by atoms with Gasteiger partial charge in [0.2, 0.25) is 0 Å². The first-order valence-corrected chi connectivity index (χ1v) is 9.80. The molecular weight excluding hydrogens is 300 g/mol. The summed E-state index contributed by atoms with van der Waals surface area (Å²) >= 11 is 0. The number of carbonyl (C=O) groups is 2. The van der Waals surface area contributed by atoms with E-state index in [4.69, 9.17) is 5.11 Å². The van der Waals surface area contributed by atoms with Crippen LogP contribution in [0, 0.1) is 34.5 Å². The molecule has 0 aromatic heterocycles. The Balaban J connectivity index is 1.59. The molecule has 0 radical (unpaired) electrons. The van der Waals surface area contributed by atoms with Gasteiger partial charge in [0, 0.05) is 17.9 Å². The normalized spacial score (nSPS) is 49.4. The van der Waals surface area contributed by atoms with Crippen LogP contribution in [0.2, 0.25) is 0 Å². The van der Waals surface area contributed by atoms with Gasteiger partial charge in [-0.3, -0.25) is 4.79 Å². The van der Waals surface area contributed by atoms with E-state index in [2.05, 4.69) is 13.8 Å². The zero-order chi connectivity index (χ0) is 17.1. The van der Waals surface area contributed by atoms with Crippen LogP contribution in [0.15, 0.2) is 11.6 Å². The fourth-order valence-corrected chi connectivity index (χ4v) is 7.18. The molecule has 132 valence electrons. The number of carboxylic acids is 1. The lowest BCUT2D eigenvalue weighted by Gasteiger charge is -2.59. The summed E-state index contributed by atoms with van der Waals surface area (Å²) in [6.45, 7) is 4.72. The zero-order valence-corrected chi connectivity index (χ0v) is 15.0. The molecule has 0 aromatic carbocycles. The minimum Gasteiger partial charge on any atom is -0.478 e. The summed E-state index contributed by atoms with van der Waals surface area (Å²) in [5.74, 6) is 2.44. The lowest BCUT2D eigenvalue weighted by Crippen LogP contribution is -2.53. The van der Waals surface area contributed by atoms with E-state index in [0.29, 0.717) is 23.0 Å². The number of fused-ring (bicyclic) bond motifs is 5. The first kappa shape index (κ1) is 16.4. The summed E-state index contributed by atoms with van der Waals surface area (Å²) in [7, 11) is 0. The third-order valence-corrected chi connectivity index (χ3v) is 8.60. The van der Waals surface area contributed by atoms with Crippen molar-refractivity contribution in [1.82, 2.24) is 0 Å². The Morgan fingerprint density at radius 1 is 1.08 bits per heavy atom. The largest absolute Gasteiger partial charge is 0.478 e. The van der Waals surface area contributed by atoms with Crippen molar-refractivity contribution in [2.24, 2.45) is 34.5 Å². The average molecular weight is 330 g/mol. The van der Waals surface area contributed by atoms with Crippen molar-refractivity contribution in [2.45, 2.75) is 71.6 Å². The molecule has 0 saturated heterocycles. The number of ketones is 1. The maximum atomic E-state index is 12.4. The van der Waals surface area contributed by atoms with E-state index < -0.39 is 5.97 Å². The molecule has 1 N–H and O–H groups in total. The molecular formula is C21H30O3. The lowest BCUT2D eigenvalue weighted by molar-refractivity contribution is -0.137. The summed E-state index contributed by atoms with van der Waals surface area (Å²) in [6.07, 6.45) is 11.2. The minimum absolute atomic E-state index is 0.0343. The number of hydrogen-bond donors (Lipinski definition) is 1. The summed E-state index contributed by atoms with van der Waals surface area (Å²) in [5.41, 5.74) is 1.46. The van der Waals surface area contributed by atoms with Gasteiger partial charge in [-0.2, -0.15) is 0 Å². The van der Waals surface area contributed by atoms with Gasteiger partial charge in [-0.05, 0) is 80.5 Å². The van der Waals surface area contributed by atoms with Gasteiger partial charge < -0.3 is 5.11 Å². The van der Waals surface area contributed by atoms with Gasteiger partial charge in [0.1, 0.15) is 5.78 Å². The molecule has 0 aliphatic heterocycles. The van der Waals surface area contributed by atoms with E-state index in [9.17, 15) is 9.59 Å².